The van der Waals surface area contributed by atoms with Gasteiger partial charge in [0.1, 0.15) is 17.1 Å². The van der Waals surface area contributed by atoms with Crippen molar-refractivity contribution in [3.8, 4) is 11.3 Å². The number of hydrogen-bond donors (Lipinski definition) is 0. The minimum absolute atomic E-state index is 0.00266. The molecule has 0 saturated heterocycles. The van der Waals surface area contributed by atoms with Crippen molar-refractivity contribution >= 4 is 27.5 Å². The first kappa shape index (κ1) is 22.0. The fourth-order valence-corrected chi connectivity index (χ4v) is 3.71. The summed E-state index contributed by atoms with van der Waals surface area (Å²) < 4.78 is 44.2. The molecule has 0 unspecified atom stereocenters. The Morgan fingerprint density at radius 1 is 1.25 bits per heavy atom. The molecular weight excluding hydrogens is 489 g/mol. The minimum Gasteiger partial charge on any atom is -0.336 e. The third-order valence-electron chi connectivity index (χ3n) is 4.94. The van der Waals surface area contributed by atoms with Crippen LogP contribution in [0.4, 0.5) is 13.2 Å². The second kappa shape index (κ2) is 8.73. The van der Waals surface area contributed by atoms with Gasteiger partial charge in [-0.05, 0) is 53.2 Å². The molecule has 0 aliphatic heterocycles. The highest BCUT2D eigenvalue weighted by atomic mass is 79.9. The second-order valence-electron chi connectivity index (χ2n) is 7.11. The van der Waals surface area contributed by atoms with E-state index < -0.39 is 23.8 Å². The first-order chi connectivity index (χ1) is 15.3. The van der Waals surface area contributed by atoms with Crippen LogP contribution < -0.4 is 0 Å². The summed E-state index contributed by atoms with van der Waals surface area (Å²) in [6.07, 6.45) is 0.185. The quantitative estimate of drug-likeness (QED) is 0.379. The smallest absolute Gasteiger partial charge is 0.280 e. The zero-order valence-electron chi connectivity index (χ0n) is 17.1. The van der Waals surface area contributed by atoms with E-state index in [0.717, 1.165) is 8.99 Å². The first-order valence-corrected chi connectivity index (χ1v) is 10.5. The molecule has 0 spiro atoms. The van der Waals surface area contributed by atoms with Gasteiger partial charge in [-0.2, -0.15) is 10.2 Å². The third-order valence-corrected chi connectivity index (χ3v) is 5.60. The lowest BCUT2D eigenvalue weighted by Crippen LogP contribution is -2.26. The molecular formula is C21H18BrF3N6O. The van der Waals surface area contributed by atoms with E-state index in [1.54, 1.807) is 11.7 Å². The Morgan fingerprint density at radius 3 is 2.59 bits per heavy atom. The van der Waals surface area contributed by atoms with Gasteiger partial charge in [0.25, 0.3) is 12.3 Å². The fraction of sp³-hybridized carbons (Fsp3) is 0.238. The number of rotatable bonds is 6. The molecule has 4 aromatic rings. The van der Waals surface area contributed by atoms with Crippen LogP contribution in [0.1, 0.15) is 35.1 Å². The van der Waals surface area contributed by atoms with Crippen molar-refractivity contribution in [1.29, 1.82) is 0 Å². The highest BCUT2D eigenvalue weighted by molar-refractivity contribution is 9.10. The van der Waals surface area contributed by atoms with Gasteiger partial charge in [0.05, 0.1) is 28.6 Å². The number of amides is 1. The molecule has 32 heavy (non-hydrogen) atoms. The van der Waals surface area contributed by atoms with Crippen LogP contribution in [-0.4, -0.2) is 42.2 Å². The molecule has 0 fully saturated rings. The van der Waals surface area contributed by atoms with E-state index in [-0.39, 0.29) is 23.4 Å². The SMILES string of the molecule is CCn1cc(Br)c(CN(C)C(=O)c2cnn3c(C(F)F)cc(-c4ccc(F)cc4)nc23)n1. The van der Waals surface area contributed by atoms with Gasteiger partial charge < -0.3 is 4.90 Å². The van der Waals surface area contributed by atoms with Crippen molar-refractivity contribution in [3.63, 3.8) is 0 Å². The number of carbonyl (C=O) groups excluding carboxylic acids is 1. The molecule has 0 atom stereocenters. The van der Waals surface area contributed by atoms with Crippen molar-refractivity contribution in [3.05, 3.63) is 70.0 Å². The Morgan fingerprint density at radius 2 is 1.97 bits per heavy atom. The largest absolute Gasteiger partial charge is 0.336 e. The summed E-state index contributed by atoms with van der Waals surface area (Å²) in [7, 11) is 1.58. The summed E-state index contributed by atoms with van der Waals surface area (Å²) >= 11 is 3.43. The highest BCUT2D eigenvalue weighted by Crippen LogP contribution is 2.27. The molecule has 1 aromatic carbocycles. The number of fused-ring (bicyclic) bond motifs is 1. The molecule has 0 bridgehead atoms. The van der Waals surface area contributed by atoms with E-state index in [2.05, 4.69) is 31.1 Å². The van der Waals surface area contributed by atoms with Crippen molar-refractivity contribution in [2.45, 2.75) is 26.4 Å². The van der Waals surface area contributed by atoms with Gasteiger partial charge in [-0.25, -0.2) is 22.7 Å². The Hall–Kier alpha value is -3.21. The Balaban J connectivity index is 1.74. The number of benzene rings is 1. The van der Waals surface area contributed by atoms with Crippen LogP contribution in [0.2, 0.25) is 0 Å². The topological polar surface area (TPSA) is 68.3 Å². The van der Waals surface area contributed by atoms with Crippen LogP contribution in [0.5, 0.6) is 0 Å². The molecule has 166 valence electrons. The molecule has 3 heterocycles. The predicted octanol–water partition coefficient (Wildman–Crippen LogP) is 4.72. The number of halogens is 4. The highest BCUT2D eigenvalue weighted by Gasteiger charge is 2.24. The van der Waals surface area contributed by atoms with Crippen molar-refractivity contribution < 1.29 is 18.0 Å². The van der Waals surface area contributed by atoms with Crippen molar-refractivity contribution in [1.82, 2.24) is 29.3 Å². The monoisotopic (exact) mass is 506 g/mol. The molecule has 3 aromatic heterocycles. The average molecular weight is 507 g/mol. The minimum atomic E-state index is -2.85. The number of nitrogens with zero attached hydrogens (tertiary/aromatic N) is 6. The van der Waals surface area contributed by atoms with E-state index in [9.17, 15) is 18.0 Å². The number of hydrogen-bond acceptors (Lipinski definition) is 4. The molecule has 1 amide bonds. The maximum atomic E-state index is 13.7. The van der Waals surface area contributed by atoms with Gasteiger partial charge >= 0.3 is 0 Å². The molecule has 0 aliphatic rings. The van der Waals surface area contributed by atoms with E-state index in [1.165, 1.54) is 41.4 Å². The summed E-state index contributed by atoms with van der Waals surface area (Å²) in [5, 5.41) is 8.37. The van der Waals surface area contributed by atoms with Gasteiger partial charge in [-0.3, -0.25) is 9.48 Å². The number of carbonyl (C=O) groups is 1. The number of aryl methyl sites for hydroxylation is 1. The van der Waals surface area contributed by atoms with Crippen LogP contribution in [0.15, 0.2) is 47.2 Å². The maximum absolute atomic E-state index is 13.7. The normalized spacial score (nSPS) is 11.5. The van der Waals surface area contributed by atoms with Gasteiger partial charge in [0, 0.05) is 25.4 Å². The number of aromatic nitrogens is 5. The van der Waals surface area contributed by atoms with Crippen molar-refractivity contribution in [2.24, 2.45) is 0 Å². The zero-order valence-corrected chi connectivity index (χ0v) is 18.7. The van der Waals surface area contributed by atoms with Crippen LogP contribution in [-0.2, 0) is 13.1 Å². The molecule has 11 heteroatoms. The lowest BCUT2D eigenvalue weighted by Gasteiger charge is -2.15. The summed E-state index contributed by atoms with van der Waals surface area (Å²) in [6, 6.07) is 6.49. The van der Waals surface area contributed by atoms with Gasteiger partial charge in [-0.1, -0.05) is 0 Å². The Kier molecular flexibility index (Phi) is 6.00. The molecule has 0 radical (unpaired) electrons. The predicted molar refractivity (Wildman–Crippen MR) is 115 cm³/mol. The Bertz CT molecular complexity index is 1280. The molecule has 0 aliphatic carbocycles. The maximum Gasteiger partial charge on any atom is 0.280 e. The molecule has 0 saturated carbocycles. The van der Waals surface area contributed by atoms with Crippen LogP contribution in [0.3, 0.4) is 0 Å². The first-order valence-electron chi connectivity index (χ1n) is 9.68. The standard InChI is InChI=1S/C21H18BrF3N6O/c1-3-30-10-15(22)17(28-30)11-29(2)21(32)14-9-26-31-18(19(24)25)8-16(27-20(14)31)12-4-6-13(23)7-5-12/h4-10,19H,3,11H2,1-2H3. The van der Waals surface area contributed by atoms with Gasteiger partial charge in [0.2, 0.25) is 0 Å². The fourth-order valence-electron chi connectivity index (χ4n) is 3.27. The lowest BCUT2D eigenvalue weighted by molar-refractivity contribution is 0.0784. The average Bonchev–Trinajstić information content (AvgIpc) is 3.36. The summed E-state index contributed by atoms with van der Waals surface area (Å²) in [4.78, 5) is 18.9. The lowest BCUT2D eigenvalue weighted by atomic mass is 10.1. The molecule has 0 N–H and O–H groups in total. The van der Waals surface area contributed by atoms with Crippen LogP contribution in [0.25, 0.3) is 16.9 Å². The van der Waals surface area contributed by atoms with Crippen LogP contribution in [0, 0.1) is 5.82 Å². The summed E-state index contributed by atoms with van der Waals surface area (Å²) in [5.41, 5.74) is 0.946. The van der Waals surface area contributed by atoms with Crippen molar-refractivity contribution in [2.75, 3.05) is 7.05 Å². The zero-order chi connectivity index (χ0) is 23.0. The van der Waals surface area contributed by atoms with Crippen LogP contribution >= 0.6 is 15.9 Å². The molecule has 7 nitrogen and oxygen atoms in total. The molecule has 4 rings (SSSR count). The summed E-state index contributed by atoms with van der Waals surface area (Å²) in [6.45, 7) is 2.82. The number of alkyl halides is 2. The second-order valence-corrected chi connectivity index (χ2v) is 7.96. The van der Waals surface area contributed by atoms with E-state index >= 15 is 0 Å². The van der Waals surface area contributed by atoms with E-state index in [0.29, 0.717) is 17.8 Å². The van der Waals surface area contributed by atoms with Gasteiger partial charge in [0.15, 0.2) is 5.65 Å². The summed E-state index contributed by atoms with van der Waals surface area (Å²) in [5.74, 6) is -0.899. The van der Waals surface area contributed by atoms with E-state index in [1.807, 2.05) is 13.1 Å². The third kappa shape index (κ3) is 4.12. The van der Waals surface area contributed by atoms with E-state index in [4.69, 9.17) is 0 Å². The Labute approximate surface area is 189 Å². The van der Waals surface area contributed by atoms with Gasteiger partial charge in [-0.15, -0.1) is 0 Å².